The number of halogens is 1. The van der Waals surface area contributed by atoms with Gasteiger partial charge in [0, 0.05) is 40.3 Å². The van der Waals surface area contributed by atoms with Crippen molar-refractivity contribution in [2.45, 2.75) is 20.3 Å². The fraction of sp³-hybridized carbons (Fsp3) is 0.611. The number of nitrogens with zero attached hydrogens (tertiary/aromatic N) is 2. The summed E-state index contributed by atoms with van der Waals surface area (Å²) in [5, 5.41) is 6.71. The molecule has 1 rings (SSSR count). The molecule has 24 heavy (non-hydrogen) atoms. The van der Waals surface area contributed by atoms with E-state index >= 15 is 0 Å². The van der Waals surface area contributed by atoms with Gasteiger partial charge >= 0.3 is 0 Å². The van der Waals surface area contributed by atoms with Gasteiger partial charge in [0.25, 0.3) is 0 Å². The predicted octanol–water partition coefficient (Wildman–Crippen LogP) is 2.21. The largest absolute Gasteiger partial charge is 0.383 e. The minimum atomic E-state index is 0. The number of rotatable bonds is 9. The van der Waals surface area contributed by atoms with Crippen molar-refractivity contribution in [3.63, 3.8) is 0 Å². The van der Waals surface area contributed by atoms with Crippen molar-refractivity contribution in [2.24, 2.45) is 4.99 Å². The number of hydrogen-bond acceptors (Lipinski definition) is 3. The van der Waals surface area contributed by atoms with Gasteiger partial charge in [0.15, 0.2) is 5.96 Å². The summed E-state index contributed by atoms with van der Waals surface area (Å²) < 4.78 is 5.07. The average Bonchev–Trinajstić information content (AvgIpc) is 2.50. The molecule has 0 saturated carbocycles. The number of benzene rings is 1. The topological polar surface area (TPSA) is 48.9 Å². The molecule has 138 valence electrons. The maximum atomic E-state index is 5.07. The third-order valence-electron chi connectivity index (χ3n) is 3.67. The Balaban J connectivity index is 0.00000529. The van der Waals surface area contributed by atoms with Crippen LogP contribution in [-0.4, -0.2) is 64.9 Å². The summed E-state index contributed by atoms with van der Waals surface area (Å²) in [5.41, 5.74) is 4.01. The summed E-state index contributed by atoms with van der Waals surface area (Å²) in [6.07, 6.45) is 0.997. The molecule has 0 heterocycles. The molecule has 0 radical (unpaired) electrons. The van der Waals surface area contributed by atoms with Crippen LogP contribution in [0.25, 0.3) is 0 Å². The average molecular weight is 448 g/mol. The highest BCUT2D eigenvalue weighted by molar-refractivity contribution is 14.0. The maximum absolute atomic E-state index is 5.07. The van der Waals surface area contributed by atoms with Gasteiger partial charge in [-0.3, -0.25) is 4.99 Å². The number of nitrogens with one attached hydrogen (secondary N) is 2. The molecule has 6 heteroatoms. The Bertz CT molecular complexity index is 474. The highest BCUT2D eigenvalue weighted by Gasteiger charge is 2.01. The lowest BCUT2D eigenvalue weighted by molar-refractivity contribution is 0.162. The first-order chi connectivity index (χ1) is 11.0. The lowest BCUT2D eigenvalue weighted by Gasteiger charge is -2.18. The van der Waals surface area contributed by atoms with Crippen LogP contribution in [0.2, 0.25) is 0 Å². The zero-order valence-electron chi connectivity index (χ0n) is 15.7. The molecule has 0 saturated heterocycles. The van der Waals surface area contributed by atoms with Crippen molar-refractivity contribution in [1.82, 2.24) is 15.5 Å². The van der Waals surface area contributed by atoms with Gasteiger partial charge < -0.3 is 20.3 Å². The molecule has 0 aliphatic carbocycles. The molecule has 0 fully saturated rings. The van der Waals surface area contributed by atoms with Gasteiger partial charge in [-0.1, -0.05) is 29.3 Å². The highest BCUT2D eigenvalue weighted by atomic mass is 127. The summed E-state index contributed by atoms with van der Waals surface area (Å²) in [7, 11) is 5.63. The van der Waals surface area contributed by atoms with E-state index in [0.29, 0.717) is 0 Å². The first kappa shape index (κ1) is 23.1. The van der Waals surface area contributed by atoms with Crippen molar-refractivity contribution < 1.29 is 4.74 Å². The number of aliphatic imine (C=N–C) groups is 1. The van der Waals surface area contributed by atoms with Gasteiger partial charge in [-0.15, -0.1) is 24.0 Å². The minimum absolute atomic E-state index is 0. The molecule has 0 unspecified atom stereocenters. The third-order valence-corrected chi connectivity index (χ3v) is 3.67. The number of hydrogen-bond donors (Lipinski definition) is 2. The molecule has 0 aliphatic heterocycles. The summed E-state index contributed by atoms with van der Waals surface area (Å²) >= 11 is 0. The molecule has 0 atom stereocenters. The van der Waals surface area contributed by atoms with Gasteiger partial charge in [-0.2, -0.15) is 0 Å². The fourth-order valence-corrected chi connectivity index (χ4v) is 2.48. The Morgan fingerprint density at radius 1 is 1.08 bits per heavy atom. The van der Waals surface area contributed by atoms with E-state index in [2.05, 4.69) is 59.6 Å². The van der Waals surface area contributed by atoms with Crippen molar-refractivity contribution in [2.75, 3.05) is 54.0 Å². The van der Waals surface area contributed by atoms with Crippen LogP contribution in [-0.2, 0) is 11.2 Å². The van der Waals surface area contributed by atoms with Crippen LogP contribution in [0.4, 0.5) is 0 Å². The molecule has 0 aromatic heterocycles. The van der Waals surface area contributed by atoms with E-state index < -0.39 is 0 Å². The van der Waals surface area contributed by atoms with Gasteiger partial charge in [0.05, 0.1) is 6.61 Å². The summed E-state index contributed by atoms with van der Waals surface area (Å²) in [5.74, 6) is 0.856. The second kappa shape index (κ2) is 13.4. The SMILES string of the molecule is CN=C(NCCc1cc(C)cc(C)c1)NCCN(C)CCOC.I. The molecule has 1 aromatic carbocycles. The summed E-state index contributed by atoms with van der Waals surface area (Å²) in [6.45, 7) is 8.69. The zero-order chi connectivity index (χ0) is 17.1. The van der Waals surface area contributed by atoms with E-state index in [9.17, 15) is 0 Å². The quantitative estimate of drug-likeness (QED) is 0.346. The zero-order valence-corrected chi connectivity index (χ0v) is 18.0. The molecular weight excluding hydrogens is 415 g/mol. The number of ether oxygens (including phenoxy) is 1. The first-order valence-corrected chi connectivity index (χ1v) is 8.24. The number of methoxy groups -OCH3 is 1. The van der Waals surface area contributed by atoms with Crippen LogP contribution in [0.3, 0.4) is 0 Å². The standard InChI is InChI=1S/C18H32N4O.HI/c1-15-12-16(2)14-17(13-15)6-7-20-18(19-3)21-8-9-22(4)10-11-23-5;/h12-14H,6-11H2,1-5H3,(H2,19,20,21);1H. The van der Waals surface area contributed by atoms with E-state index in [1.54, 1.807) is 14.2 Å². The molecule has 0 bridgehead atoms. The number of likely N-dealkylation sites (N-methyl/N-ethyl adjacent to an activating group) is 1. The van der Waals surface area contributed by atoms with Crippen molar-refractivity contribution >= 4 is 29.9 Å². The van der Waals surface area contributed by atoms with Gasteiger partial charge in [-0.25, -0.2) is 0 Å². The Labute approximate surface area is 164 Å². The number of guanidine groups is 1. The lowest BCUT2D eigenvalue weighted by atomic mass is 10.1. The Hall–Kier alpha value is -0.860. The van der Waals surface area contributed by atoms with Crippen LogP contribution >= 0.6 is 24.0 Å². The molecule has 0 aliphatic rings. The highest BCUT2D eigenvalue weighted by Crippen LogP contribution is 2.08. The first-order valence-electron chi connectivity index (χ1n) is 8.24. The molecule has 5 nitrogen and oxygen atoms in total. The Morgan fingerprint density at radius 3 is 2.29 bits per heavy atom. The van der Waals surface area contributed by atoms with Crippen LogP contribution < -0.4 is 10.6 Å². The third kappa shape index (κ3) is 10.1. The van der Waals surface area contributed by atoms with Crippen molar-refractivity contribution in [3.05, 3.63) is 34.9 Å². The van der Waals surface area contributed by atoms with Crippen LogP contribution in [0.5, 0.6) is 0 Å². The lowest BCUT2D eigenvalue weighted by Crippen LogP contribution is -2.42. The second-order valence-electron chi connectivity index (χ2n) is 5.97. The van der Waals surface area contributed by atoms with Gasteiger partial charge in [0.2, 0.25) is 0 Å². The molecular formula is C18H33IN4O. The van der Waals surface area contributed by atoms with Crippen molar-refractivity contribution in [3.8, 4) is 0 Å². The van der Waals surface area contributed by atoms with Crippen LogP contribution in [0, 0.1) is 13.8 Å². The minimum Gasteiger partial charge on any atom is -0.383 e. The van der Waals surface area contributed by atoms with E-state index in [4.69, 9.17) is 4.74 Å². The maximum Gasteiger partial charge on any atom is 0.191 e. The van der Waals surface area contributed by atoms with E-state index in [1.165, 1.54) is 16.7 Å². The molecule has 0 spiro atoms. The number of aryl methyl sites for hydroxylation is 2. The van der Waals surface area contributed by atoms with E-state index in [0.717, 1.165) is 45.2 Å². The monoisotopic (exact) mass is 448 g/mol. The van der Waals surface area contributed by atoms with Crippen LogP contribution in [0.15, 0.2) is 23.2 Å². The van der Waals surface area contributed by atoms with Gasteiger partial charge in [-0.05, 0) is 32.9 Å². The Kier molecular flexibility index (Phi) is 13.0. The fourth-order valence-electron chi connectivity index (χ4n) is 2.48. The summed E-state index contributed by atoms with van der Waals surface area (Å²) in [6, 6.07) is 6.70. The molecule has 1 aromatic rings. The summed E-state index contributed by atoms with van der Waals surface area (Å²) in [4.78, 5) is 6.50. The Morgan fingerprint density at radius 2 is 1.71 bits per heavy atom. The normalized spacial score (nSPS) is 11.3. The van der Waals surface area contributed by atoms with E-state index in [1.807, 2.05) is 0 Å². The predicted molar refractivity (Wildman–Crippen MR) is 114 cm³/mol. The van der Waals surface area contributed by atoms with Gasteiger partial charge in [0.1, 0.15) is 0 Å². The second-order valence-corrected chi connectivity index (χ2v) is 5.97. The molecule has 0 amide bonds. The van der Waals surface area contributed by atoms with Crippen LogP contribution in [0.1, 0.15) is 16.7 Å². The molecule has 2 N–H and O–H groups in total. The van der Waals surface area contributed by atoms with Crippen molar-refractivity contribution in [1.29, 1.82) is 0 Å². The van der Waals surface area contributed by atoms with E-state index in [-0.39, 0.29) is 24.0 Å². The smallest absolute Gasteiger partial charge is 0.191 e.